The van der Waals surface area contributed by atoms with Crippen LogP contribution in [0.2, 0.25) is 0 Å². The molecule has 1 aliphatic rings. The molecule has 1 aliphatic heterocycles. The maximum Gasteiger partial charge on any atom is 0.156 e. The zero-order valence-electron chi connectivity index (χ0n) is 11.3. The predicted octanol–water partition coefficient (Wildman–Crippen LogP) is 2.35. The second-order valence-corrected chi connectivity index (χ2v) is 5.02. The highest BCUT2D eigenvalue weighted by molar-refractivity contribution is 5.85. The van der Waals surface area contributed by atoms with E-state index in [2.05, 4.69) is 26.8 Å². The Balaban J connectivity index is 1.79. The summed E-state index contributed by atoms with van der Waals surface area (Å²) in [6.07, 6.45) is 7.26. The number of H-pyrrole nitrogens is 1. The number of nitrogens with one attached hydrogen (secondary N) is 1. The van der Waals surface area contributed by atoms with E-state index in [1.807, 2.05) is 12.3 Å². The van der Waals surface area contributed by atoms with Crippen molar-refractivity contribution in [3.05, 3.63) is 18.6 Å². The van der Waals surface area contributed by atoms with Crippen molar-refractivity contribution in [2.75, 3.05) is 24.6 Å². The zero-order valence-corrected chi connectivity index (χ0v) is 11.3. The van der Waals surface area contributed by atoms with Crippen LogP contribution < -0.4 is 4.90 Å². The fourth-order valence-electron chi connectivity index (χ4n) is 2.65. The van der Waals surface area contributed by atoms with E-state index in [1.54, 1.807) is 6.33 Å². The number of hydrogen-bond acceptors (Lipinski definition) is 4. The highest BCUT2D eigenvalue weighted by atomic mass is 16.5. The molecule has 0 bridgehead atoms. The third-order valence-corrected chi connectivity index (χ3v) is 3.56. The normalized spacial score (nSPS) is 20.1. The Morgan fingerprint density at radius 1 is 1.47 bits per heavy atom. The van der Waals surface area contributed by atoms with Crippen LogP contribution in [0.1, 0.15) is 26.2 Å². The van der Waals surface area contributed by atoms with Gasteiger partial charge in [-0.05, 0) is 25.3 Å². The van der Waals surface area contributed by atoms with E-state index in [4.69, 9.17) is 4.74 Å². The second-order valence-electron chi connectivity index (χ2n) is 5.02. The van der Waals surface area contributed by atoms with Gasteiger partial charge in [-0.15, -0.1) is 0 Å². The van der Waals surface area contributed by atoms with E-state index in [-0.39, 0.29) is 0 Å². The highest BCUT2D eigenvalue weighted by Gasteiger charge is 2.23. The molecule has 2 aromatic rings. The maximum atomic E-state index is 5.88. The van der Waals surface area contributed by atoms with Crippen LogP contribution in [0.25, 0.3) is 11.0 Å². The van der Waals surface area contributed by atoms with Gasteiger partial charge in [0.25, 0.3) is 0 Å². The molecule has 0 spiro atoms. The number of aromatic nitrogens is 3. The SMILES string of the molecule is CCCOC1CCCN(c2ncnc3cc[nH]c23)C1. The molecule has 0 saturated carbocycles. The van der Waals surface area contributed by atoms with Gasteiger partial charge in [0.2, 0.25) is 0 Å². The van der Waals surface area contributed by atoms with Gasteiger partial charge in [0.15, 0.2) is 5.82 Å². The summed E-state index contributed by atoms with van der Waals surface area (Å²) >= 11 is 0. The summed E-state index contributed by atoms with van der Waals surface area (Å²) in [5.74, 6) is 1.000. The lowest BCUT2D eigenvalue weighted by Gasteiger charge is -2.33. The van der Waals surface area contributed by atoms with Crippen molar-refractivity contribution in [1.29, 1.82) is 0 Å². The van der Waals surface area contributed by atoms with Crippen molar-refractivity contribution in [2.45, 2.75) is 32.3 Å². The zero-order chi connectivity index (χ0) is 13.1. The Hall–Kier alpha value is -1.62. The molecule has 102 valence electrons. The Bertz CT molecular complexity index is 539. The molecule has 0 radical (unpaired) electrons. The van der Waals surface area contributed by atoms with E-state index in [1.165, 1.54) is 0 Å². The molecule has 3 heterocycles. The molecule has 5 nitrogen and oxygen atoms in total. The molecule has 0 aromatic carbocycles. The quantitative estimate of drug-likeness (QED) is 0.917. The molecule has 0 aliphatic carbocycles. The van der Waals surface area contributed by atoms with Crippen LogP contribution in [0, 0.1) is 0 Å². The lowest BCUT2D eigenvalue weighted by molar-refractivity contribution is 0.0439. The van der Waals surface area contributed by atoms with Crippen molar-refractivity contribution in [3.63, 3.8) is 0 Å². The molecule has 1 atom stereocenters. The first-order valence-corrected chi connectivity index (χ1v) is 7.03. The Labute approximate surface area is 113 Å². The first kappa shape index (κ1) is 12.4. The third kappa shape index (κ3) is 2.56. The summed E-state index contributed by atoms with van der Waals surface area (Å²) in [5, 5.41) is 0. The number of rotatable bonds is 4. The predicted molar refractivity (Wildman–Crippen MR) is 75.4 cm³/mol. The van der Waals surface area contributed by atoms with Gasteiger partial charge in [0.1, 0.15) is 11.8 Å². The molecule has 5 heteroatoms. The molecule has 1 N–H and O–H groups in total. The molecule has 1 saturated heterocycles. The maximum absolute atomic E-state index is 5.88. The van der Waals surface area contributed by atoms with Gasteiger partial charge in [-0.2, -0.15) is 0 Å². The first-order chi connectivity index (χ1) is 9.38. The Morgan fingerprint density at radius 2 is 2.42 bits per heavy atom. The first-order valence-electron chi connectivity index (χ1n) is 7.03. The van der Waals surface area contributed by atoms with Crippen molar-refractivity contribution in [2.24, 2.45) is 0 Å². The number of fused-ring (bicyclic) bond motifs is 1. The van der Waals surface area contributed by atoms with E-state index >= 15 is 0 Å². The summed E-state index contributed by atoms with van der Waals surface area (Å²) in [7, 11) is 0. The van der Waals surface area contributed by atoms with Crippen molar-refractivity contribution in [1.82, 2.24) is 15.0 Å². The van der Waals surface area contributed by atoms with Crippen molar-refractivity contribution in [3.8, 4) is 0 Å². The fraction of sp³-hybridized carbons (Fsp3) is 0.571. The number of piperidine rings is 1. The van der Waals surface area contributed by atoms with Gasteiger partial charge in [-0.25, -0.2) is 9.97 Å². The number of anilines is 1. The van der Waals surface area contributed by atoms with Gasteiger partial charge in [0.05, 0.1) is 11.6 Å². The highest BCUT2D eigenvalue weighted by Crippen LogP contribution is 2.25. The van der Waals surface area contributed by atoms with Crippen LogP contribution >= 0.6 is 0 Å². The topological polar surface area (TPSA) is 54.0 Å². The Morgan fingerprint density at radius 3 is 3.32 bits per heavy atom. The standard InChI is InChI=1S/C14H20N4O/c1-2-8-19-11-4-3-7-18(9-11)14-13-12(5-6-15-13)16-10-17-14/h5-6,10-11,15H,2-4,7-9H2,1H3. The number of nitrogens with zero attached hydrogens (tertiary/aromatic N) is 3. The summed E-state index contributed by atoms with van der Waals surface area (Å²) in [5.41, 5.74) is 2.00. The molecular formula is C14H20N4O. The van der Waals surface area contributed by atoms with Gasteiger partial charge >= 0.3 is 0 Å². The average molecular weight is 260 g/mol. The molecular weight excluding hydrogens is 240 g/mol. The fourth-order valence-corrected chi connectivity index (χ4v) is 2.65. The van der Waals surface area contributed by atoms with Crippen LogP contribution in [0.3, 0.4) is 0 Å². The largest absolute Gasteiger partial charge is 0.376 e. The molecule has 3 rings (SSSR count). The van der Waals surface area contributed by atoms with Crippen LogP contribution in [0.15, 0.2) is 18.6 Å². The average Bonchev–Trinajstić information content (AvgIpc) is 2.93. The van der Waals surface area contributed by atoms with E-state index < -0.39 is 0 Å². The van der Waals surface area contributed by atoms with Crippen LogP contribution in [-0.2, 0) is 4.74 Å². The summed E-state index contributed by atoms with van der Waals surface area (Å²) in [4.78, 5) is 14.3. The summed E-state index contributed by atoms with van der Waals surface area (Å²) in [6, 6.07) is 1.98. The van der Waals surface area contributed by atoms with E-state index in [0.717, 1.165) is 55.8 Å². The van der Waals surface area contributed by atoms with Crippen molar-refractivity contribution < 1.29 is 4.74 Å². The molecule has 1 fully saturated rings. The molecule has 2 aromatic heterocycles. The second kappa shape index (κ2) is 5.57. The number of aromatic amines is 1. The summed E-state index contributed by atoms with van der Waals surface area (Å²) in [6.45, 7) is 4.95. The van der Waals surface area contributed by atoms with Gasteiger partial charge in [-0.1, -0.05) is 6.92 Å². The van der Waals surface area contributed by atoms with E-state index in [0.29, 0.717) is 6.10 Å². The van der Waals surface area contributed by atoms with E-state index in [9.17, 15) is 0 Å². The molecule has 19 heavy (non-hydrogen) atoms. The third-order valence-electron chi connectivity index (χ3n) is 3.56. The van der Waals surface area contributed by atoms with Crippen LogP contribution in [0.5, 0.6) is 0 Å². The van der Waals surface area contributed by atoms with Gasteiger partial charge < -0.3 is 14.6 Å². The minimum atomic E-state index is 0.327. The van der Waals surface area contributed by atoms with Gasteiger partial charge in [-0.3, -0.25) is 0 Å². The Kier molecular flexibility index (Phi) is 3.64. The lowest BCUT2D eigenvalue weighted by Crippen LogP contribution is -2.40. The number of ether oxygens (including phenoxy) is 1. The monoisotopic (exact) mass is 260 g/mol. The van der Waals surface area contributed by atoms with Crippen molar-refractivity contribution >= 4 is 16.9 Å². The molecule has 0 amide bonds. The smallest absolute Gasteiger partial charge is 0.156 e. The summed E-state index contributed by atoms with van der Waals surface area (Å²) < 4.78 is 5.88. The minimum Gasteiger partial charge on any atom is -0.376 e. The molecule has 1 unspecified atom stereocenters. The number of hydrogen-bond donors (Lipinski definition) is 1. The van der Waals surface area contributed by atoms with Crippen LogP contribution in [0.4, 0.5) is 5.82 Å². The minimum absolute atomic E-state index is 0.327. The van der Waals surface area contributed by atoms with Crippen LogP contribution in [-0.4, -0.2) is 40.8 Å². The lowest BCUT2D eigenvalue weighted by atomic mass is 10.1. The van der Waals surface area contributed by atoms with Gasteiger partial charge in [0, 0.05) is 25.9 Å².